The molecule has 0 fully saturated rings. The normalized spacial score (nSPS) is 16.0. The maximum atomic E-state index is 13.4. The molecule has 6 heteroatoms. The van der Waals surface area contributed by atoms with E-state index in [1.165, 1.54) is 6.07 Å². The first-order valence-electron chi connectivity index (χ1n) is 5.72. The van der Waals surface area contributed by atoms with E-state index in [-0.39, 0.29) is 36.3 Å². The molecule has 1 aromatic rings. The molecular formula is C12H17FIN3O. The van der Waals surface area contributed by atoms with Gasteiger partial charge in [0.1, 0.15) is 5.82 Å². The standard InChI is InChI=1S/C12H16FN3O.HI/c13-10-5-2-1-4-9(10)11(17)8-16-12-14-6-3-7-15-12;/h1-2,4-5,11,17H,3,6-8H2,(H2,14,15,16);1H. The van der Waals surface area contributed by atoms with Crippen LogP contribution >= 0.6 is 24.0 Å². The molecule has 0 radical (unpaired) electrons. The van der Waals surface area contributed by atoms with Crippen LogP contribution in [0.25, 0.3) is 0 Å². The molecule has 0 aromatic heterocycles. The van der Waals surface area contributed by atoms with E-state index >= 15 is 0 Å². The second-order valence-electron chi connectivity index (χ2n) is 3.93. The zero-order valence-electron chi connectivity index (χ0n) is 9.90. The summed E-state index contributed by atoms with van der Waals surface area (Å²) in [6.45, 7) is 1.90. The van der Waals surface area contributed by atoms with Crippen molar-refractivity contribution in [2.75, 3.05) is 19.6 Å². The van der Waals surface area contributed by atoms with Gasteiger partial charge in [0.25, 0.3) is 0 Å². The number of aliphatic imine (C=N–C) groups is 1. The van der Waals surface area contributed by atoms with E-state index in [9.17, 15) is 9.50 Å². The minimum atomic E-state index is -0.873. The fourth-order valence-corrected chi connectivity index (χ4v) is 1.70. The molecule has 1 unspecified atom stereocenters. The summed E-state index contributed by atoms with van der Waals surface area (Å²) >= 11 is 0. The zero-order chi connectivity index (χ0) is 12.1. The number of halogens is 2. The third kappa shape index (κ3) is 4.09. The van der Waals surface area contributed by atoms with Crippen LogP contribution in [-0.2, 0) is 0 Å². The third-order valence-corrected chi connectivity index (χ3v) is 2.62. The van der Waals surface area contributed by atoms with Crippen LogP contribution in [-0.4, -0.2) is 30.7 Å². The molecule has 1 aliphatic rings. The number of benzene rings is 1. The molecule has 0 amide bonds. The SMILES string of the molecule is I.OC(CNC1=NCCCN1)c1ccccc1F. The van der Waals surface area contributed by atoms with E-state index in [0.717, 1.165) is 19.5 Å². The minimum absolute atomic E-state index is 0. The molecule has 4 nitrogen and oxygen atoms in total. The van der Waals surface area contributed by atoms with Crippen molar-refractivity contribution in [2.24, 2.45) is 4.99 Å². The maximum absolute atomic E-state index is 13.4. The van der Waals surface area contributed by atoms with E-state index in [4.69, 9.17) is 0 Å². The maximum Gasteiger partial charge on any atom is 0.191 e. The summed E-state index contributed by atoms with van der Waals surface area (Å²) in [5.74, 6) is 0.284. The summed E-state index contributed by atoms with van der Waals surface area (Å²) in [7, 11) is 0. The Bertz CT molecular complexity index is 414. The van der Waals surface area contributed by atoms with Gasteiger partial charge in [0.05, 0.1) is 6.10 Å². The summed E-state index contributed by atoms with van der Waals surface area (Å²) in [6.07, 6.45) is 0.142. The zero-order valence-corrected chi connectivity index (χ0v) is 12.2. The largest absolute Gasteiger partial charge is 0.386 e. The van der Waals surface area contributed by atoms with Gasteiger partial charge in [-0.1, -0.05) is 18.2 Å². The Labute approximate surface area is 123 Å². The Morgan fingerprint density at radius 1 is 1.44 bits per heavy atom. The monoisotopic (exact) mass is 365 g/mol. The highest BCUT2D eigenvalue weighted by Crippen LogP contribution is 2.15. The molecule has 18 heavy (non-hydrogen) atoms. The first kappa shape index (κ1) is 15.2. The predicted octanol–water partition coefficient (Wildman–Crippen LogP) is 1.42. The number of hydrogen-bond acceptors (Lipinski definition) is 4. The Hall–Kier alpha value is -0.890. The molecule has 1 atom stereocenters. The van der Waals surface area contributed by atoms with E-state index < -0.39 is 6.10 Å². The summed E-state index contributed by atoms with van der Waals surface area (Å²) in [4.78, 5) is 4.21. The minimum Gasteiger partial charge on any atom is -0.386 e. The van der Waals surface area contributed by atoms with Gasteiger partial charge in [-0.2, -0.15) is 0 Å². The van der Waals surface area contributed by atoms with Crippen molar-refractivity contribution in [1.82, 2.24) is 10.6 Å². The second kappa shape index (κ2) is 7.52. The van der Waals surface area contributed by atoms with E-state index in [2.05, 4.69) is 15.6 Å². The van der Waals surface area contributed by atoms with Gasteiger partial charge in [-0.05, 0) is 12.5 Å². The second-order valence-corrected chi connectivity index (χ2v) is 3.93. The Morgan fingerprint density at radius 2 is 2.22 bits per heavy atom. The van der Waals surface area contributed by atoms with Crippen LogP contribution in [0.2, 0.25) is 0 Å². The first-order chi connectivity index (χ1) is 8.27. The smallest absolute Gasteiger partial charge is 0.191 e. The molecule has 0 saturated heterocycles. The fraction of sp³-hybridized carbons (Fsp3) is 0.417. The molecule has 0 aliphatic carbocycles. The van der Waals surface area contributed by atoms with Crippen molar-refractivity contribution < 1.29 is 9.50 Å². The predicted molar refractivity (Wildman–Crippen MR) is 79.7 cm³/mol. The lowest BCUT2D eigenvalue weighted by Crippen LogP contribution is -2.42. The van der Waals surface area contributed by atoms with Crippen LogP contribution in [0.3, 0.4) is 0 Å². The molecule has 100 valence electrons. The van der Waals surface area contributed by atoms with Gasteiger partial charge in [0.15, 0.2) is 5.96 Å². The molecule has 1 heterocycles. The highest BCUT2D eigenvalue weighted by Gasteiger charge is 2.13. The third-order valence-electron chi connectivity index (χ3n) is 2.62. The number of nitrogens with zero attached hydrogens (tertiary/aromatic N) is 1. The molecule has 0 bridgehead atoms. The molecular weight excluding hydrogens is 348 g/mol. The van der Waals surface area contributed by atoms with Gasteiger partial charge in [-0.15, -0.1) is 24.0 Å². The number of guanidine groups is 1. The summed E-state index contributed by atoms with van der Waals surface area (Å²) < 4.78 is 13.4. The average molecular weight is 365 g/mol. The number of aliphatic hydroxyl groups is 1. The molecule has 0 spiro atoms. The fourth-order valence-electron chi connectivity index (χ4n) is 1.70. The topological polar surface area (TPSA) is 56.6 Å². The lowest BCUT2D eigenvalue weighted by molar-refractivity contribution is 0.176. The van der Waals surface area contributed by atoms with Crippen molar-refractivity contribution in [2.45, 2.75) is 12.5 Å². The van der Waals surface area contributed by atoms with Gasteiger partial charge in [-0.3, -0.25) is 4.99 Å². The van der Waals surface area contributed by atoms with Crippen LogP contribution in [0.1, 0.15) is 18.1 Å². The van der Waals surface area contributed by atoms with Gasteiger partial charge < -0.3 is 15.7 Å². The Kier molecular flexibility index (Phi) is 6.34. The number of nitrogens with one attached hydrogen (secondary N) is 2. The molecule has 0 saturated carbocycles. The van der Waals surface area contributed by atoms with Crippen molar-refractivity contribution in [3.8, 4) is 0 Å². The van der Waals surface area contributed by atoms with Crippen molar-refractivity contribution >= 4 is 29.9 Å². The quantitative estimate of drug-likeness (QED) is 0.711. The number of hydrogen-bond donors (Lipinski definition) is 3. The van der Waals surface area contributed by atoms with Crippen molar-refractivity contribution in [1.29, 1.82) is 0 Å². The van der Waals surface area contributed by atoms with Crippen molar-refractivity contribution in [3.63, 3.8) is 0 Å². The van der Waals surface area contributed by atoms with Gasteiger partial charge in [0, 0.05) is 25.2 Å². The number of aliphatic hydroxyl groups excluding tert-OH is 1. The molecule has 1 aliphatic heterocycles. The summed E-state index contributed by atoms with van der Waals surface area (Å²) in [5, 5.41) is 15.9. The Balaban J connectivity index is 0.00000162. The van der Waals surface area contributed by atoms with Crippen LogP contribution in [0.15, 0.2) is 29.3 Å². The molecule has 2 rings (SSSR count). The van der Waals surface area contributed by atoms with E-state index in [1.807, 2.05) is 0 Å². The van der Waals surface area contributed by atoms with Gasteiger partial charge in [-0.25, -0.2) is 4.39 Å². The average Bonchev–Trinajstić information content (AvgIpc) is 2.38. The summed E-state index contributed by atoms with van der Waals surface area (Å²) in [5.41, 5.74) is 0.302. The molecule has 3 N–H and O–H groups in total. The van der Waals surface area contributed by atoms with Crippen LogP contribution < -0.4 is 10.6 Å². The van der Waals surface area contributed by atoms with Crippen molar-refractivity contribution in [3.05, 3.63) is 35.6 Å². The molecule has 1 aromatic carbocycles. The summed E-state index contributed by atoms with van der Waals surface area (Å²) in [6, 6.07) is 6.23. The number of rotatable bonds is 3. The Morgan fingerprint density at radius 3 is 2.89 bits per heavy atom. The van der Waals surface area contributed by atoms with Crippen LogP contribution in [0.5, 0.6) is 0 Å². The van der Waals surface area contributed by atoms with E-state index in [0.29, 0.717) is 11.5 Å². The highest BCUT2D eigenvalue weighted by atomic mass is 127. The lowest BCUT2D eigenvalue weighted by Gasteiger charge is -2.18. The van der Waals surface area contributed by atoms with Crippen LogP contribution in [0, 0.1) is 5.82 Å². The van der Waals surface area contributed by atoms with Gasteiger partial charge >= 0.3 is 0 Å². The van der Waals surface area contributed by atoms with Crippen LogP contribution in [0.4, 0.5) is 4.39 Å². The van der Waals surface area contributed by atoms with Gasteiger partial charge in [0.2, 0.25) is 0 Å². The first-order valence-corrected chi connectivity index (χ1v) is 5.72. The lowest BCUT2D eigenvalue weighted by atomic mass is 10.1. The highest BCUT2D eigenvalue weighted by molar-refractivity contribution is 14.0. The van der Waals surface area contributed by atoms with E-state index in [1.54, 1.807) is 18.2 Å².